The number of para-hydroxylation sites is 1. The Morgan fingerprint density at radius 2 is 2.11 bits per heavy atom. The Hall–Kier alpha value is -3.33. The van der Waals surface area contributed by atoms with Crippen LogP contribution in [0.15, 0.2) is 42.6 Å². The first-order valence-electron chi connectivity index (χ1n) is 9.01. The molecule has 0 spiro atoms. The molecule has 1 aliphatic heterocycles. The molecule has 4 rings (SSSR count). The largest absolute Gasteiger partial charge is 0.377 e. The summed E-state index contributed by atoms with van der Waals surface area (Å²) >= 11 is 0. The first-order chi connectivity index (χ1) is 13.6. The SMILES string of the molecule is Cn1nnc2cc(C(=O)N3CCOCC3CC(=O)Nc3ccccc3)cnc21. The molecule has 1 unspecified atom stereocenters. The molecular formula is C19H20N6O3. The van der Waals surface area contributed by atoms with Crippen LogP contribution in [0.3, 0.4) is 0 Å². The molecule has 1 aromatic carbocycles. The van der Waals surface area contributed by atoms with E-state index in [4.69, 9.17) is 4.74 Å². The number of carbonyl (C=O) groups is 2. The van der Waals surface area contributed by atoms with Gasteiger partial charge in [0.2, 0.25) is 5.91 Å². The lowest BCUT2D eigenvalue weighted by Crippen LogP contribution is -2.50. The second-order valence-electron chi connectivity index (χ2n) is 6.63. The van der Waals surface area contributed by atoms with E-state index >= 15 is 0 Å². The number of aryl methyl sites for hydroxylation is 1. The molecule has 0 saturated carbocycles. The molecule has 9 nitrogen and oxygen atoms in total. The zero-order valence-electron chi connectivity index (χ0n) is 15.4. The molecule has 1 aliphatic rings. The number of hydrogen-bond acceptors (Lipinski definition) is 6. The number of hydrogen-bond donors (Lipinski definition) is 1. The van der Waals surface area contributed by atoms with Crippen LogP contribution in [0.2, 0.25) is 0 Å². The van der Waals surface area contributed by atoms with E-state index in [-0.39, 0.29) is 24.3 Å². The number of aromatic nitrogens is 4. The number of ether oxygens (including phenoxy) is 1. The Morgan fingerprint density at radius 3 is 2.93 bits per heavy atom. The van der Waals surface area contributed by atoms with E-state index in [0.717, 1.165) is 5.69 Å². The highest BCUT2D eigenvalue weighted by Crippen LogP contribution is 2.18. The van der Waals surface area contributed by atoms with Crippen LogP contribution in [-0.2, 0) is 16.6 Å². The number of fused-ring (bicyclic) bond motifs is 1. The monoisotopic (exact) mass is 380 g/mol. The summed E-state index contributed by atoms with van der Waals surface area (Å²) in [4.78, 5) is 31.4. The fourth-order valence-corrected chi connectivity index (χ4v) is 3.25. The lowest BCUT2D eigenvalue weighted by Gasteiger charge is -2.35. The number of nitrogens with zero attached hydrogens (tertiary/aromatic N) is 5. The molecule has 3 heterocycles. The van der Waals surface area contributed by atoms with E-state index in [9.17, 15) is 9.59 Å². The predicted molar refractivity (Wildman–Crippen MR) is 102 cm³/mol. The maximum absolute atomic E-state index is 13.0. The van der Waals surface area contributed by atoms with Crippen molar-refractivity contribution in [3.05, 3.63) is 48.2 Å². The van der Waals surface area contributed by atoms with Gasteiger partial charge in [-0.2, -0.15) is 0 Å². The fraction of sp³-hybridized carbons (Fsp3) is 0.316. The predicted octanol–water partition coefficient (Wildman–Crippen LogP) is 1.23. The second-order valence-corrected chi connectivity index (χ2v) is 6.63. The third-order valence-corrected chi connectivity index (χ3v) is 4.65. The fourth-order valence-electron chi connectivity index (χ4n) is 3.25. The number of carbonyl (C=O) groups excluding carboxylic acids is 2. The van der Waals surface area contributed by atoms with E-state index in [1.807, 2.05) is 30.3 Å². The van der Waals surface area contributed by atoms with E-state index in [2.05, 4.69) is 20.6 Å². The highest BCUT2D eigenvalue weighted by atomic mass is 16.5. The van der Waals surface area contributed by atoms with Crippen LogP contribution in [0.4, 0.5) is 5.69 Å². The number of benzene rings is 1. The number of pyridine rings is 1. The number of amides is 2. The summed E-state index contributed by atoms with van der Waals surface area (Å²) in [5.41, 5.74) is 2.31. The molecule has 1 N–H and O–H groups in total. The van der Waals surface area contributed by atoms with E-state index < -0.39 is 0 Å². The summed E-state index contributed by atoms with van der Waals surface area (Å²) in [6.45, 7) is 1.17. The minimum atomic E-state index is -0.345. The summed E-state index contributed by atoms with van der Waals surface area (Å²) < 4.78 is 7.06. The van der Waals surface area contributed by atoms with E-state index in [1.54, 1.807) is 22.7 Å². The van der Waals surface area contributed by atoms with Gasteiger partial charge in [-0.05, 0) is 18.2 Å². The summed E-state index contributed by atoms with van der Waals surface area (Å²) in [5, 5.41) is 10.8. The Bertz CT molecular complexity index is 1000. The van der Waals surface area contributed by atoms with Crippen LogP contribution in [0.1, 0.15) is 16.8 Å². The van der Waals surface area contributed by atoms with Gasteiger partial charge in [0.05, 0.1) is 24.8 Å². The maximum atomic E-state index is 13.0. The Balaban J connectivity index is 1.49. The van der Waals surface area contributed by atoms with Gasteiger partial charge in [0.25, 0.3) is 5.91 Å². The van der Waals surface area contributed by atoms with Crippen molar-refractivity contribution in [2.45, 2.75) is 12.5 Å². The zero-order valence-corrected chi connectivity index (χ0v) is 15.4. The molecule has 0 aliphatic carbocycles. The standard InChI is InChI=1S/C19H20N6O3/c1-24-18-16(22-23-24)9-13(11-20-18)19(27)25-7-8-28-12-15(25)10-17(26)21-14-5-3-2-4-6-14/h2-6,9,11,15H,7-8,10,12H2,1H3,(H,21,26). The average Bonchev–Trinajstić information content (AvgIpc) is 3.09. The molecule has 9 heteroatoms. The average molecular weight is 380 g/mol. The molecule has 0 bridgehead atoms. The van der Waals surface area contributed by atoms with Crippen molar-refractivity contribution in [3.8, 4) is 0 Å². The van der Waals surface area contributed by atoms with Gasteiger partial charge in [0.1, 0.15) is 5.52 Å². The Labute approximate surface area is 161 Å². The third kappa shape index (κ3) is 3.70. The van der Waals surface area contributed by atoms with Crippen LogP contribution in [-0.4, -0.2) is 62.5 Å². The van der Waals surface area contributed by atoms with Crippen LogP contribution in [0, 0.1) is 0 Å². The van der Waals surface area contributed by atoms with Gasteiger partial charge < -0.3 is 15.0 Å². The zero-order chi connectivity index (χ0) is 19.5. The van der Waals surface area contributed by atoms with Crippen molar-refractivity contribution in [3.63, 3.8) is 0 Å². The summed E-state index contributed by atoms with van der Waals surface area (Å²) in [5.74, 6) is -0.358. The van der Waals surface area contributed by atoms with Gasteiger partial charge in [0.15, 0.2) is 5.65 Å². The van der Waals surface area contributed by atoms with Crippen molar-refractivity contribution >= 4 is 28.7 Å². The van der Waals surface area contributed by atoms with Crippen molar-refractivity contribution in [2.24, 2.45) is 7.05 Å². The molecule has 1 fully saturated rings. The maximum Gasteiger partial charge on any atom is 0.255 e. The number of anilines is 1. The molecule has 2 aromatic heterocycles. The lowest BCUT2D eigenvalue weighted by atomic mass is 10.1. The summed E-state index contributed by atoms with van der Waals surface area (Å²) in [6, 6.07) is 10.6. The van der Waals surface area contributed by atoms with Gasteiger partial charge in [-0.3, -0.25) is 9.59 Å². The van der Waals surface area contributed by atoms with Crippen molar-refractivity contribution < 1.29 is 14.3 Å². The van der Waals surface area contributed by atoms with Gasteiger partial charge in [-0.15, -0.1) is 5.10 Å². The number of morpholine rings is 1. The Kier molecular flexibility index (Phi) is 4.98. The minimum Gasteiger partial charge on any atom is -0.377 e. The smallest absolute Gasteiger partial charge is 0.255 e. The highest BCUT2D eigenvalue weighted by molar-refractivity contribution is 5.97. The van der Waals surface area contributed by atoms with E-state index in [1.165, 1.54) is 6.20 Å². The van der Waals surface area contributed by atoms with Crippen LogP contribution in [0.5, 0.6) is 0 Å². The van der Waals surface area contributed by atoms with Gasteiger partial charge in [-0.25, -0.2) is 9.67 Å². The van der Waals surface area contributed by atoms with Crippen LogP contribution >= 0.6 is 0 Å². The highest BCUT2D eigenvalue weighted by Gasteiger charge is 2.30. The van der Waals surface area contributed by atoms with E-state index in [0.29, 0.717) is 36.5 Å². The quantitative estimate of drug-likeness (QED) is 0.730. The molecule has 3 aromatic rings. The molecular weight excluding hydrogens is 360 g/mol. The van der Waals surface area contributed by atoms with Crippen LogP contribution in [0.25, 0.3) is 11.2 Å². The van der Waals surface area contributed by atoms with Gasteiger partial charge in [0, 0.05) is 31.9 Å². The normalized spacial score (nSPS) is 16.9. The van der Waals surface area contributed by atoms with Crippen LogP contribution < -0.4 is 5.32 Å². The molecule has 0 radical (unpaired) electrons. The van der Waals surface area contributed by atoms with Gasteiger partial charge >= 0.3 is 0 Å². The minimum absolute atomic E-state index is 0.154. The molecule has 144 valence electrons. The van der Waals surface area contributed by atoms with Crippen molar-refractivity contribution in [1.82, 2.24) is 24.9 Å². The molecule has 1 saturated heterocycles. The first-order valence-corrected chi connectivity index (χ1v) is 9.01. The first kappa shape index (κ1) is 18.1. The van der Waals surface area contributed by atoms with Crippen molar-refractivity contribution in [1.29, 1.82) is 0 Å². The number of rotatable bonds is 4. The second kappa shape index (κ2) is 7.73. The topological polar surface area (TPSA) is 102 Å². The van der Waals surface area contributed by atoms with Crippen molar-refractivity contribution in [2.75, 3.05) is 25.1 Å². The molecule has 1 atom stereocenters. The third-order valence-electron chi connectivity index (χ3n) is 4.65. The number of nitrogens with one attached hydrogen (secondary N) is 1. The van der Waals surface area contributed by atoms with Gasteiger partial charge in [-0.1, -0.05) is 23.4 Å². The Morgan fingerprint density at radius 1 is 1.29 bits per heavy atom. The summed E-state index contributed by atoms with van der Waals surface area (Å²) in [6.07, 6.45) is 1.67. The lowest BCUT2D eigenvalue weighted by molar-refractivity contribution is -0.118. The molecule has 28 heavy (non-hydrogen) atoms. The molecule has 2 amide bonds. The summed E-state index contributed by atoms with van der Waals surface area (Å²) in [7, 11) is 1.74.